The van der Waals surface area contributed by atoms with Crippen LogP contribution in [-0.4, -0.2) is 24.0 Å². The molecular formula is C16H16N2O3. The highest BCUT2D eigenvalue weighted by molar-refractivity contribution is 5.96. The number of aliphatic hydroxyl groups excluding tert-OH is 1. The summed E-state index contributed by atoms with van der Waals surface area (Å²) in [4.78, 5) is 11.7. The molecule has 0 aromatic heterocycles. The summed E-state index contributed by atoms with van der Waals surface area (Å²) in [6.07, 6.45) is 0. The van der Waals surface area contributed by atoms with Crippen LogP contribution in [0.4, 0.5) is 0 Å². The largest absolute Gasteiger partial charge is 0.465 e. The van der Waals surface area contributed by atoms with Gasteiger partial charge in [0.05, 0.1) is 19.3 Å². The van der Waals surface area contributed by atoms with Crippen molar-refractivity contribution in [1.82, 2.24) is 0 Å². The van der Waals surface area contributed by atoms with E-state index in [9.17, 15) is 9.90 Å². The lowest BCUT2D eigenvalue weighted by Gasteiger charge is -2.09. The highest BCUT2D eigenvalue weighted by atomic mass is 16.5. The van der Waals surface area contributed by atoms with E-state index in [-0.39, 0.29) is 12.4 Å². The van der Waals surface area contributed by atoms with Gasteiger partial charge in [0.25, 0.3) is 0 Å². The van der Waals surface area contributed by atoms with Crippen molar-refractivity contribution in [2.45, 2.75) is 6.61 Å². The predicted octanol–water partition coefficient (Wildman–Crippen LogP) is 1.92. The number of nitrogen functional groups attached to an aromatic ring is 1. The Hall–Kier alpha value is -2.66. The molecule has 0 aliphatic heterocycles. The van der Waals surface area contributed by atoms with E-state index in [0.29, 0.717) is 16.7 Å². The van der Waals surface area contributed by atoms with Crippen molar-refractivity contribution in [2.75, 3.05) is 7.11 Å². The maximum Gasteiger partial charge on any atom is 0.337 e. The zero-order valence-electron chi connectivity index (χ0n) is 11.6. The van der Waals surface area contributed by atoms with Crippen LogP contribution in [0.15, 0.2) is 42.5 Å². The molecule has 0 heterocycles. The summed E-state index contributed by atoms with van der Waals surface area (Å²) >= 11 is 0. The Balaban J connectivity index is 2.55. The zero-order chi connectivity index (χ0) is 15.4. The van der Waals surface area contributed by atoms with Crippen LogP contribution in [0.25, 0.3) is 11.1 Å². The first-order valence-corrected chi connectivity index (χ1v) is 6.33. The van der Waals surface area contributed by atoms with Crippen LogP contribution in [0.3, 0.4) is 0 Å². The standard InChI is InChI=1S/C16H16N2O3/c1-21-16(20)14-6-10(9-19)5-13(8-14)11-3-2-4-12(7-11)15(17)18/h2-8,19H,9H2,1H3,(H3,17,18). The van der Waals surface area contributed by atoms with E-state index >= 15 is 0 Å². The second-order valence-corrected chi connectivity index (χ2v) is 4.56. The molecule has 2 aromatic rings. The molecule has 108 valence electrons. The Labute approximate surface area is 122 Å². The molecule has 0 saturated carbocycles. The molecule has 2 rings (SSSR count). The van der Waals surface area contributed by atoms with E-state index < -0.39 is 5.97 Å². The van der Waals surface area contributed by atoms with Crippen molar-refractivity contribution in [2.24, 2.45) is 5.73 Å². The number of benzene rings is 2. The van der Waals surface area contributed by atoms with E-state index in [4.69, 9.17) is 15.9 Å². The summed E-state index contributed by atoms with van der Waals surface area (Å²) in [6.45, 7) is -0.176. The van der Waals surface area contributed by atoms with Gasteiger partial charge in [0.15, 0.2) is 0 Å². The van der Waals surface area contributed by atoms with Gasteiger partial charge in [-0.3, -0.25) is 5.41 Å². The average molecular weight is 284 g/mol. The molecule has 0 atom stereocenters. The number of aliphatic hydroxyl groups is 1. The lowest BCUT2D eigenvalue weighted by molar-refractivity contribution is 0.0600. The van der Waals surface area contributed by atoms with Gasteiger partial charge in [0.2, 0.25) is 0 Å². The molecule has 0 bridgehead atoms. The number of hydrogen-bond acceptors (Lipinski definition) is 4. The van der Waals surface area contributed by atoms with Crippen molar-refractivity contribution in [3.8, 4) is 11.1 Å². The number of ether oxygens (including phenoxy) is 1. The van der Waals surface area contributed by atoms with E-state index in [1.165, 1.54) is 7.11 Å². The fourth-order valence-electron chi connectivity index (χ4n) is 2.05. The number of hydrogen-bond donors (Lipinski definition) is 3. The molecule has 0 spiro atoms. The SMILES string of the molecule is COC(=O)c1cc(CO)cc(-c2cccc(C(=N)N)c2)c1. The quantitative estimate of drug-likeness (QED) is 0.454. The van der Waals surface area contributed by atoms with E-state index in [2.05, 4.69) is 0 Å². The molecule has 4 N–H and O–H groups in total. The van der Waals surface area contributed by atoms with Crippen molar-refractivity contribution in [3.05, 3.63) is 59.2 Å². The van der Waals surface area contributed by atoms with Crippen LogP contribution in [0.1, 0.15) is 21.5 Å². The Morgan fingerprint density at radius 3 is 2.52 bits per heavy atom. The molecule has 0 radical (unpaired) electrons. The highest BCUT2D eigenvalue weighted by Gasteiger charge is 2.10. The molecule has 0 saturated heterocycles. The first kappa shape index (κ1) is 14.7. The summed E-state index contributed by atoms with van der Waals surface area (Å²) in [6, 6.07) is 12.2. The number of rotatable bonds is 4. The molecule has 5 heteroatoms. The molecule has 5 nitrogen and oxygen atoms in total. The van der Waals surface area contributed by atoms with Gasteiger partial charge in [-0.2, -0.15) is 0 Å². The Morgan fingerprint density at radius 2 is 1.90 bits per heavy atom. The Bertz CT molecular complexity index is 696. The van der Waals surface area contributed by atoms with E-state index in [1.807, 2.05) is 6.07 Å². The van der Waals surface area contributed by atoms with Crippen LogP contribution < -0.4 is 5.73 Å². The van der Waals surface area contributed by atoms with E-state index in [1.54, 1.807) is 36.4 Å². The fourth-order valence-corrected chi connectivity index (χ4v) is 2.05. The number of esters is 1. The third-order valence-electron chi connectivity index (χ3n) is 3.10. The van der Waals surface area contributed by atoms with Crippen LogP contribution in [-0.2, 0) is 11.3 Å². The summed E-state index contributed by atoms with van der Waals surface area (Å²) in [7, 11) is 1.31. The van der Waals surface area contributed by atoms with Gasteiger partial charge in [-0.15, -0.1) is 0 Å². The van der Waals surface area contributed by atoms with Crippen molar-refractivity contribution in [3.63, 3.8) is 0 Å². The van der Waals surface area contributed by atoms with Crippen LogP contribution >= 0.6 is 0 Å². The summed E-state index contributed by atoms with van der Waals surface area (Å²) in [5.41, 5.74) is 8.63. The van der Waals surface area contributed by atoms with Crippen LogP contribution in [0.2, 0.25) is 0 Å². The first-order chi connectivity index (χ1) is 10.0. The van der Waals surface area contributed by atoms with Gasteiger partial charge in [-0.05, 0) is 41.0 Å². The zero-order valence-corrected chi connectivity index (χ0v) is 11.6. The van der Waals surface area contributed by atoms with Gasteiger partial charge in [-0.1, -0.05) is 18.2 Å². The summed E-state index contributed by atoms with van der Waals surface area (Å²) in [5.74, 6) is -0.488. The normalized spacial score (nSPS) is 10.2. The Kier molecular flexibility index (Phi) is 4.35. The average Bonchev–Trinajstić information content (AvgIpc) is 2.53. The summed E-state index contributed by atoms with van der Waals surface area (Å²) < 4.78 is 4.71. The predicted molar refractivity (Wildman–Crippen MR) is 80.2 cm³/mol. The molecule has 0 fully saturated rings. The minimum Gasteiger partial charge on any atom is -0.465 e. The molecule has 21 heavy (non-hydrogen) atoms. The number of nitrogens with two attached hydrogens (primary N) is 1. The topological polar surface area (TPSA) is 96.4 Å². The minimum atomic E-state index is -0.464. The fraction of sp³-hybridized carbons (Fsp3) is 0.125. The van der Waals surface area contributed by atoms with E-state index in [0.717, 1.165) is 11.1 Å². The molecule has 0 amide bonds. The smallest absolute Gasteiger partial charge is 0.337 e. The highest BCUT2D eigenvalue weighted by Crippen LogP contribution is 2.24. The number of carbonyl (C=O) groups excluding carboxylic acids is 1. The lowest BCUT2D eigenvalue weighted by Crippen LogP contribution is -2.10. The third-order valence-corrected chi connectivity index (χ3v) is 3.10. The molecule has 2 aromatic carbocycles. The molecular weight excluding hydrogens is 268 g/mol. The van der Waals surface area contributed by atoms with Crippen molar-refractivity contribution < 1.29 is 14.6 Å². The molecule has 0 aliphatic carbocycles. The monoisotopic (exact) mass is 284 g/mol. The number of carbonyl (C=O) groups is 1. The number of methoxy groups -OCH3 is 1. The number of nitrogens with one attached hydrogen (secondary N) is 1. The van der Waals surface area contributed by atoms with Gasteiger partial charge < -0.3 is 15.6 Å². The van der Waals surface area contributed by atoms with Gasteiger partial charge in [-0.25, -0.2) is 4.79 Å². The molecule has 0 aliphatic rings. The second-order valence-electron chi connectivity index (χ2n) is 4.56. The number of amidine groups is 1. The van der Waals surface area contributed by atoms with Gasteiger partial charge >= 0.3 is 5.97 Å². The van der Waals surface area contributed by atoms with Crippen LogP contribution in [0, 0.1) is 5.41 Å². The first-order valence-electron chi connectivity index (χ1n) is 6.33. The van der Waals surface area contributed by atoms with Crippen molar-refractivity contribution >= 4 is 11.8 Å². The van der Waals surface area contributed by atoms with Gasteiger partial charge in [0, 0.05) is 5.56 Å². The third kappa shape index (κ3) is 3.27. The molecule has 0 unspecified atom stereocenters. The lowest BCUT2D eigenvalue weighted by atomic mass is 9.98. The second kappa shape index (κ2) is 6.19. The van der Waals surface area contributed by atoms with Crippen molar-refractivity contribution in [1.29, 1.82) is 5.41 Å². The van der Waals surface area contributed by atoms with Crippen LogP contribution in [0.5, 0.6) is 0 Å². The summed E-state index contributed by atoms with van der Waals surface area (Å²) in [5, 5.41) is 16.8. The maximum absolute atomic E-state index is 11.7. The maximum atomic E-state index is 11.7. The minimum absolute atomic E-state index is 0.0247. The van der Waals surface area contributed by atoms with Gasteiger partial charge in [0.1, 0.15) is 5.84 Å². The Morgan fingerprint density at radius 1 is 1.19 bits per heavy atom.